The number of ether oxygens (including phenoxy) is 1. The first kappa shape index (κ1) is 10.8. The van der Waals surface area contributed by atoms with E-state index in [0.29, 0.717) is 13.2 Å². The molecule has 0 heterocycles. The highest BCUT2D eigenvalue weighted by Gasteiger charge is 1.89. The molecule has 0 aliphatic heterocycles. The van der Waals surface area contributed by atoms with Crippen LogP contribution in [0, 0.1) is 11.8 Å². The topological polar surface area (TPSA) is 29.5 Å². The van der Waals surface area contributed by atoms with E-state index < -0.39 is 6.10 Å². The molecular formula is C12H14O2. The van der Waals surface area contributed by atoms with Crippen LogP contribution in [0.1, 0.15) is 12.5 Å². The highest BCUT2D eigenvalue weighted by atomic mass is 16.5. The van der Waals surface area contributed by atoms with Crippen molar-refractivity contribution < 1.29 is 9.84 Å². The van der Waals surface area contributed by atoms with E-state index in [0.717, 1.165) is 5.56 Å². The van der Waals surface area contributed by atoms with E-state index in [4.69, 9.17) is 9.84 Å². The van der Waals surface area contributed by atoms with Crippen LogP contribution in [0.15, 0.2) is 30.3 Å². The van der Waals surface area contributed by atoms with Crippen LogP contribution < -0.4 is 0 Å². The minimum Gasteiger partial charge on any atom is -0.381 e. The van der Waals surface area contributed by atoms with E-state index in [-0.39, 0.29) is 0 Å². The molecule has 0 fully saturated rings. The van der Waals surface area contributed by atoms with E-state index in [1.54, 1.807) is 6.92 Å². The average Bonchev–Trinajstić information content (AvgIpc) is 2.18. The van der Waals surface area contributed by atoms with Gasteiger partial charge in [-0.1, -0.05) is 42.2 Å². The summed E-state index contributed by atoms with van der Waals surface area (Å²) in [6.45, 7) is 2.55. The number of hydrogen-bond donors (Lipinski definition) is 1. The average molecular weight is 190 g/mol. The molecule has 0 radical (unpaired) electrons. The first-order valence-corrected chi connectivity index (χ1v) is 4.57. The van der Waals surface area contributed by atoms with Crippen LogP contribution in [0.25, 0.3) is 0 Å². The zero-order chi connectivity index (χ0) is 10.2. The summed E-state index contributed by atoms with van der Waals surface area (Å²) in [7, 11) is 0. The quantitative estimate of drug-likeness (QED) is 0.579. The molecule has 0 spiro atoms. The lowest BCUT2D eigenvalue weighted by Gasteiger charge is -1.99. The minimum absolute atomic E-state index is 0.361. The maximum absolute atomic E-state index is 8.84. The fourth-order valence-corrected chi connectivity index (χ4v) is 0.984. The van der Waals surface area contributed by atoms with Crippen molar-refractivity contribution in [1.82, 2.24) is 0 Å². The molecule has 1 N–H and O–H groups in total. The third-order valence-corrected chi connectivity index (χ3v) is 1.60. The summed E-state index contributed by atoms with van der Waals surface area (Å²) in [6, 6.07) is 9.92. The monoisotopic (exact) mass is 190 g/mol. The Morgan fingerprint density at radius 2 is 2.07 bits per heavy atom. The maximum Gasteiger partial charge on any atom is 0.112 e. The standard InChI is InChI=1S/C12H14O2/c1-11(13)6-5-9-14-10-12-7-3-2-4-8-12/h2-4,7-8,11,13H,9-10H2,1H3. The normalized spacial score (nSPS) is 11.6. The van der Waals surface area contributed by atoms with Gasteiger partial charge < -0.3 is 9.84 Å². The van der Waals surface area contributed by atoms with Gasteiger partial charge in [-0.15, -0.1) is 0 Å². The molecule has 0 aliphatic carbocycles. The summed E-state index contributed by atoms with van der Waals surface area (Å²) >= 11 is 0. The van der Waals surface area contributed by atoms with E-state index in [9.17, 15) is 0 Å². The Bertz CT molecular complexity index is 306. The van der Waals surface area contributed by atoms with Gasteiger partial charge in [-0.25, -0.2) is 0 Å². The molecule has 0 bridgehead atoms. The first-order chi connectivity index (χ1) is 6.79. The number of aliphatic hydroxyl groups is 1. The summed E-state index contributed by atoms with van der Waals surface area (Å²) < 4.78 is 5.29. The molecule has 1 aromatic rings. The third kappa shape index (κ3) is 4.66. The summed E-state index contributed by atoms with van der Waals surface area (Å²) in [5, 5.41) is 8.84. The van der Waals surface area contributed by atoms with E-state index in [1.165, 1.54) is 0 Å². The van der Waals surface area contributed by atoms with Gasteiger partial charge in [-0.05, 0) is 12.5 Å². The third-order valence-electron chi connectivity index (χ3n) is 1.60. The number of rotatable bonds is 3. The van der Waals surface area contributed by atoms with Crippen LogP contribution in [-0.2, 0) is 11.3 Å². The van der Waals surface area contributed by atoms with Gasteiger partial charge in [0.25, 0.3) is 0 Å². The molecule has 1 unspecified atom stereocenters. The van der Waals surface area contributed by atoms with Gasteiger partial charge in [-0.3, -0.25) is 0 Å². The lowest BCUT2D eigenvalue weighted by Crippen LogP contribution is -1.96. The van der Waals surface area contributed by atoms with Crippen molar-refractivity contribution in [1.29, 1.82) is 0 Å². The maximum atomic E-state index is 8.84. The van der Waals surface area contributed by atoms with Crippen LogP contribution in [0.3, 0.4) is 0 Å². The molecule has 0 aromatic heterocycles. The summed E-state index contributed by atoms with van der Waals surface area (Å²) in [4.78, 5) is 0. The van der Waals surface area contributed by atoms with Crippen molar-refractivity contribution in [2.75, 3.05) is 6.61 Å². The van der Waals surface area contributed by atoms with Crippen molar-refractivity contribution >= 4 is 0 Å². The Labute approximate surface area is 84.5 Å². The van der Waals surface area contributed by atoms with Crippen molar-refractivity contribution in [3.63, 3.8) is 0 Å². The van der Waals surface area contributed by atoms with E-state index in [2.05, 4.69) is 11.8 Å². The largest absolute Gasteiger partial charge is 0.381 e. The summed E-state index contributed by atoms with van der Waals surface area (Å²) in [6.07, 6.45) is -0.574. The molecule has 0 saturated carbocycles. The van der Waals surface area contributed by atoms with Gasteiger partial charge >= 0.3 is 0 Å². The summed E-state index contributed by atoms with van der Waals surface area (Å²) in [5.74, 6) is 5.35. The molecule has 1 rings (SSSR count). The second kappa shape index (κ2) is 6.20. The predicted molar refractivity (Wildman–Crippen MR) is 55.6 cm³/mol. The zero-order valence-corrected chi connectivity index (χ0v) is 8.23. The predicted octanol–water partition coefficient (Wildman–Crippen LogP) is 1.59. The highest BCUT2D eigenvalue weighted by Crippen LogP contribution is 1.99. The Hall–Kier alpha value is -1.30. The second-order valence-electron chi connectivity index (χ2n) is 2.98. The molecule has 1 aromatic carbocycles. The first-order valence-electron chi connectivity index (χ1n) is 4.57. The Morgan fingerprint density at radius 3 is 2.71 bits per heavy atom. The Balaban J connectivity index is 2.21. The fourth-order valence-electron chi connectivity index (χ4n) is 0.984. The van der Waals surface area contributed by atoms with Crippen LogP contribution in [0.2, 0.25) is 0 Å². The van der Waals surface area contributed by atoms with Crippen molar-refractivity contribution in [3.05, 3.63) is 35.9 Å². The SMILES string of the molecule is CC(O)C#CCOCc1ccccc1. The number of hydrogen-bond acceptors (Lipinski definition) is 2. The molecule has 74 valence electrons. The zero-order valence-electron chi connectivity index (χ0n) is 8.23. The van der Waals surface area contributed by atoms with Crippen LogP contribution in [0.4, 0.5) is 0 Å². The molecule has 2 nitrogen and oxygen atoms in total. The fraction of sp³-hybridized carbons (Fsp3) is 0.333. The van der Waals surface area contributed by atoms with Crippen molar-refractivity contribution in [2.24, 2.45) is 0 Å². The smallest absolute Gasteiger partial charge is 0.112 e. The van der Waals surface area contributed by atoms with E-state index >= 15 is 0 Å². The number of aliphatic hydroxyl groups excluding tert-OH is 1. The lowest BCUT2D eigenvalue weighted by atomic mass is 10.2. The van der Waals surface area contributed by atoms with Crippen LogP contribution in [-0.4, -0.2) is 17.8 Å². The molecule has 14 heavy (non-hydrogen) atoms. The molecule has 0 saturated heterocycles. The van der Waals surface area contributed by atoms with Gasteiger partial charge in [0.2, 0.25) is 0 Å². The lowest BCUT2D eigenvalue weighted by molar-refractivity contribution is 0.153. The van der Waals surface area contributed by atoms with Gasteiger partial charge in [0.15, 0.2) is 0 Å². The van der Waals surface area contributed by atoms with E-state index in [1.807, 2.05) is 30.3 Å². The Kier molecular flexibility index (Phi) is 4.77. The molecule has 2 heteroatoms. The van der Waals surface area contributed by atoms with Crippen molar-refractivity contribution in [2.45, 2.75) is 19.6 Å². The minimum atomic E-state index is -0.574. The summed E-state index contributed by atoms with van der Waals surface area (Å²) in [5.41, 5.74) is 1.13. The second-order valence-corrected chi connectivity index (χ2v) is 2.98. The van der Waals surface area contributed by atoms with Crippen LogP contribution in [0.5, 0.6) is 0 Å². The van der Waals surface area contributed by atoms with Gasteiger partial charge in [0.05, 0.1) is 6.61 Å². The Morgan fingerprint density at radius 1 is 1.36 bits per heavy atom. The van der Waals surface area contributed by atoms with Crippen molar-refractivity contribution in [3.8, 4) is 11.8 Å². The van der Waals surface area contributed by atoms with Gasteiger partial charge in [-0.2, -0.15) is 0 Å². The number of benzene rings is 1. The van der Waals surface area contributed by atoms with Gasteiger partial charge in [0, 0.05) is 0 Å². The molecule has 0 aliphatic rings. The molecule has 1 atom stereocenters. The highest BCUT2D eigenvalue weighted by molar-refractivity contribution is 5.13. The van der Waals surface area contributed by atoms with Crippen LogP contribution >= 0.6 is 0 Å². The molecule has 0 amide bonds. The molecular weight excluding hydrogens is 176 g/mol. The van der Waals surface area contributed by atoms with Gasteiger partial charge in [0.1, 0.15) is 12.7 Å².